The second kappa shape index (κ2) is 9.12. The van der Waals surface area contributed by atoms with Crippen molar-refractivity contribution < 1.29 is 5.11 Å². The average molecular weight is 350 g/mol. The first-order chi connectivity index (χ1) is 12.1. The van der Waals surface area contributed by atoms with Crippen LogP contribution < -0.4 is 0 Å². The largest absolute Gasteiger partial charge is 0.390 e. The minimum atomic E-state index is -0.223. The summed E-state index contributed by atoms with van der Waals surface area (Å²) in [6.07, 6.45) is 6.28. The molecule has 2 saturated heterocycles. The number of aryl methyl sites for hydroxylation is 1. The quantitative estimate of drug-likeness (QED) is 0.799. The fraction of sp³-hybridized carbons (Fsp3) is 0.842. The maximum atomic E-state index is 10.5. The number of aliphatic hydroxyl groups excluding tert-OH is 1. The topological polar surface area (TPSA) is 47.8 Å². The number of likely N-dealkylation sites (tertiary alicyclic amines) is 1. The molecule has 0 spiro atoms. The Morgan fingerprint density at radius 3 is 2.28 bits per heavy atom. The Morgan fingerprint density at radius 2 is 1.64 bits per heavy atom. The Hall–Kier alpha value is -0.950. The minimum absolute atomic E-state index is 0.223. The van der Waals surface area contributed by atoms with Gasteiger partial charge in [-0.1, -0.05) is 6.92 Å². The molecule has 2 aliphatic rings. The highest BCUT2D eigenvalue weighted by molar-refractivity contribution is 4.93. The number of hydrogen-bond acceptors (Lipinski definition) is 5. The van der Waals surface area contributed by atoms with Crippen LogP contribution in [0.5, 0.6) is 0 Å². The lowest BCUT2D eigenvalue weighted by molar-refractivity contribution is 0.0409. The zero-order valence-corrected chi connectivity index (χ0v) is 16.0. The van der Waals surface area contributed by atoms with Crippen LogP contribution in [0.3, 0.4) is 0 Å². The second-order valence-electron chi connectivity index (χ2n) is 7.84. The Bertz CT molecular complexity index is 504. The summed E-state index contributed by atoms with van der Waals surface area (Å²) in [7, 11) is 0. The van der Waals surface area contributed by atoms with Gasteiger partial charge in [0, 0.05) is 58.2 Å². The van der Waals surface area contributed by atoms with Gasteiger partial charge >= 0.3 is 0 Å². The molecular weight excluding hydrogens is 314 g/mol. The van der Waals surface area contributed by atoms with Crippen molar-refractivity contribution in [3.63, 3.8) is 0 Å². The summed E-state index contributed by atoms with van der Waals surface area (Å²) in [6.45, 7) is 14.6. The maximum absolute atomic E-state index is 10.5. The van der Waals surface area contributed by atoms with Gasteiger partial charge in [-0.25, -0.2) is 4.98 Å². The van der Waals surface area contributed by atoms with Gasteiger partial charge in [-0.15, -0.1) is 0 Å². The Labute approximate surface area is 152 Å². The molecule has 0 aliphatic carbocycles. The van der Waals surface area contributed by atoms with Crippen LogP contribution in [0.2, 0.25) is 0 Å². The zero-order chi connectivity index (χ0) is 17.6. The molecule has 3 rings (SSSR count). The summed E-state index contributed by atoms with van der Waals surface area (Å²) in [6, 6.07) is 0. The van der Waals surface area contributed by atoms with E-state index in [-0.39, 0.29) is 6.10 Å². The molecule has 0 aromatic carbocycles. The van der Waals surface area contributed by atoms with Crippen LogP contribution in [0.4, 0.5) is 0 Å². The van der Waals surface area contributed by atoms with Crippen LogP contribution in [0.25, 0.3) is 0 Å². The lowest BCUT2D eigenvalue weighted by Gasteiger charge is -2.37. The van der Waals surface area contributed by atoms with Gasteiger partial charge in [0.1, 0.15) is 5.82 Å². The van der Waals surface area contributed by atoms with Crippen molar-refractivity contribution in [3.8, 4) is 0 Å². The van der Waals surface area contributed by atoms with E-state index < -0.39 is 0 Å². The number of aliphatic hydroxyl groups is 1. The first kappa shape index (κ1) is 18.8. The van der Waals surface area contributed by atoms with Crippen molar-refractivity contribution >= 4 is 0 Å². The number of hydrogen-bond donors (Lipinski definition) is 1. The third-order valence-corrected chi connectivity index (χ3v) is 5.79. The molecule has 142 valence electrons. The summed E-state index contributed by atoms with van der Waals surface area (Å²) in [5.74, 6) is 2.01. The highest BCUT2D eigenvalue weighted by atomic mass is 16.3. The monoisotopic (exact) mass is 349 g/mol. The number of β-amino-alcohol motifs (C(OH)–C–C–N with tert-alkyl or cyclic N) is 1. The second-order valence-corrected chi connectivity index (χ2v) is 7.84. The van der Waals surface area contributed by atoms with Crippen LogP contribution >= 0.6 is 0 Å². The molecule has 0 amide bonds. The molecule has 25 heavy (non-hydrogen) atoms. The first-order valence-corrected chi connectivity index (χ1v) is 9.99. The molecule has 6 nitrogen and oxygen atoms in total. The fourth-order valence-electron chi connectivity index (χ4n) is 4.01. The van der Waals surface area contributed by atoms with Gasteiger partial charge in [0.25, 0.3) is 0 Å². The Morgan fingerprint density at radius 1 is 1.04 bits per heavy atom. The maximum Gasteiger partial charge on any atom is 0.122 e. The van der Waals surface area contributed by atoms with Gasteiger partial charge in [-0.2, -0.15) is 0 Å². The van der Waals surface area contributed by atoms with Crippen molar-refractivity contribution in [2.24, 2.45) is 5.92 Å². The van der Waals surface area contributed by atoms with Gasteiger partial charge in [0.15, 0.2) is 0 Å². The third-order valence-electron chi connectivity index (χ3n) is 5.79. The summed E-state index contributed by atoms with van der Waals surface area (Å²) < 4.78 is 2.22. The number of rotatable bonds is 7. The molecule has 1 aromatic heterocycles. The molecule has 1 N–H and O–H groups in total. The highest BCUT2D eigenvalue weighted by Crippen LogP contribution is 2.16. The van der Waals surface area contributed by atoms with E-state index in [1.54, 1.807) is 0 Å². The number of piperidine rings is 1. The van der Waals surface area contributed by atoms with Crippen molar-refractivity contribution in [3.05, 3.63) is 18.2 Å². The van der Waals surface area contributed by atoms with E-state index in [2.05, 4.69) is 44.3 Å². The molecule has 2 aliphatic heterocycles. The summed E-state index contributed by atoms with van der Waals surface area (Å²) >= 11 is 0. The van der Waals surface area contributed by atoms with E-state index in [9.17, 15) is 5.11 Å². The average Bonchev–Trinajstić information content (AvgIpc) is 3.06. The van der Waals surface area contributed by atoms with Crippen LogP contribution in [0.1, 0.15) is 32.5 Å². The predicted octanol–water partition coefficient (Wildman–Crippen LogP) is 1.11. The molecule has 0 saturated carbocycles. The predicted molar refractivity (Wildman–Crippen MR) is 100 cm³/mol. The van der Waals surface area contributed by atoms with E-state index in [1.807, 2.05) is 6.20 Å². The lowest BCUT2D eigenvalue weighted by Crippen LogP contribution is -2.50. The van der Waals surface area contributed by atoms with E-state index in [0.29, 0.717) is 0 Å². The molecule has 0 radical (unpaired) electrons. The van der Waals surface area contributed by atoms with Gasteiger partial charge in [-0.05, 0) is 38.8 Å². The molecule has 1 aromatic rings. The molecule has 3 heterocycles. The first-order valence-electron chi connectivity index (χ1n) is 9.99. The van der Waals surface area contributed by atoms with Crippen molar-refractivity contribution in [1.82, 2.24) is 24.3 Å². The molecule has 0 unspecified atom stereocenters. The van der Waals surface area contributed by atoms with Gasteiger partial charge in [-0.3, -0.25) is 9.80 Å². The van der Waals surface area contributed by atoms with E-state index in [1.165, 1.54) is 12.8 Å². The van der Waals surface area contributed by atoms with Crippen LogP contribution in [0, 0.1) is 5.92 Å². The smallest absolute Gasteiger partial charge is 0.122 e. The third kappa shape index (κ3) is 5.51. The van der Waals surface area contributed by atoms with Crippen molar-refractivity contribution in [1.29, 1.82) is 0 Å². The van der Waals surface area contributed by atoms with Gasteiger partial charge in [0.2, 0.25) is 0 Å². The number of aromatic nitrogens is 2. The van der Waals surface area contributed by atoms with Crippen molar-refractivity contribution in [2.75, 3.05) is 52.4 Å². The molecule has 2 fully saturated rings. The normalized spacial score (nSPS) is 23.2. The summed E-state index contributed by atoms with van der Waals surface area (Å²) in [4.78, 5) is 11.8. The SMILES string of the molecule is CCn1ccnc1CN1CCN(C[C@@H](O)CN2CCC(C)CC2)CC1. The van der Waals surface area contributed by atoms with Gasteiger partial charge < -0.3 is 14.6 Å². The molecule has 0 bridgehead atoms. The number of nitrogens with zero attached hydrogens (tertiary/aromatic N) is 5. The van der Waals surface area contributed by atoms with E-state index in [4.69, 9.17) is 0 Å². The minimum Gasteiger partial charge on any atom is -0.390 e. The van der Waals surface area contributed by atoms with Crippen molar-refractivity contribution in [2.45, 2.75) is 45.9 Å². The molecule has 1 atom stereocenters. The number of piperazine rings is 1. The summed E-state index contributed by atoms with van der Waals surface area (Å²) in [5, 5.41) is 10.5. The Balaban J connectivity index is 1.36. The van der Waals surface area contributed by atoms with E-state index >= 15 is 0 Å². The van der Waals surface area contributed by atoms with Crippen LogP contribution in [0.15, 0.2) is 12.4 Å². The zero-order valence-electron chi connectivity index (χ0n) is 16.0. The van der Waals surface area contributed by atoms with Crippen LogP contribution in [-0.2, 0) is 13.1 Å². The number of imidazole rings is 1. The molecular formula is C19H35N5O. The van der Waals surface area contributed by atoms with E-state index in [0.717, 1.165) is 77.2 Å². The molecule has 6 heteroatoms. The standard InChI is InChI=1S/C19H35N5O/c1-3-24-9-6-20-19(24)16-23-12-10-22(11-13-23)15-18(25)14-21-7-4-17(2)5-8-21/h6,9,17-18,25H,3-5,7-8,10-16H2,1-2H3/t18-/m0/s1. The lowest BCUT2D eigenvalue weighted by atomic mass is 9.99. The van der Waals surface area contributed by atoms with Crippen LogP contribution in [-0.4, -0.2) is 87.8 Å². The summed E-state index contributed by atoms with van der Waals surface area (Å²) in [5.41, 5.74) is 0. The fourth-order valence-corrected chi connectivity index (χ4v) is 4.01. The Kier molecular flexibility index (Phi) is 6.87. The van der Waals surface area contributed by atoms with Gasteiger partial charge in [0.05, 0.1) is 12.6 Å². The highest BCUT2D eigenvalue weighted by Gasteiger charge is 2.23.